The Morgan fingerprint density at radius 3 is 2.37 bits per heavy atom. The standard InChI is InChI=1S/C22H20N8/c23-20-19(28-27-17-11-7-4-8-12-17)21(24)26-22(25-20)18-13-14-30(29-18)15-16-9-5-2-1-3-6-10-16/h1-14H,15H2,(H4,23,24,25,26). The highest BCUT2D eigenvalue weighted by molar-refractivity contribution is 5.73. The van der Waals surface area contributed by atoms with Gasteiger partial charge in [0.15, 0.2) is 23.1 Å². The SMILES string of the molecule is Nc1nc(-c2ccn(CC3=CC=CC=CC=C3)n2)nc(N)c1N=Nc1ccccc1. The second-order valence-corrected chi connectivity index (χ2v) is 6.47. The van der Waals surface area contributed by atoms with Crippen molar-refractivity contribution in [2.24, 2.45) is 10.2 Å². The lowest BCUT2D eigenvalue weighted by molar-refractivity contribution is 0.687. The van der Waals surface area contributed by atoms with Crippen LogP contribution in [0.2, 0.25) is 0 Å². The zero-order chi connectivity index (χ0) is 20.8. The minimum absolute atomic E-state index is 0.148. The van der Waals surface area contributed by atoms with Crippen molar-refractivity contribution in [3.8, 4) is 11.5 Å². The number of nitrogens with two attached hydrogens (primary N) is 2. The molecule has 1 aliphatic carbocycles. The molecule has 8 heteroatoms. The summed E-state index contributed by atoms with van der Waals surface area (Å²) in [6.07, 6.45) is 15.9. The first-order valence-electron chi connectivity index (χ1n) is 9.33. The number of benzene rings is 1. The van der Waals surface area contributed by atoms with Crippen LogP contribution in [0.25, 0.3) is 11.5 Å². The average Bonchev–Trinajstić information content (AvgIpc) is 3.18. The summed E-state index contributed by atoms with van der Waals surface area (Å²) in [6.45, 7) is 0.614. The van der Waals surface area contributed by atoms with E-state index in [0.29, 0.717) is 23.8 Å². The molecule has 0 saturated carbocycles. The highest BCUT2D eigenvalue weighted by atomic mass is 15.3. The summed E-state index contributed by atoms with van der Waals surface area (Å²) in [5.41, 5.74) is 14.7. The Balaban J connectivity index is 1.54. The fourth-order valence-corrected chi connectivity index (χ4v) is 2.78. The van der Waals surface area contributed by atoms with Crippen LogP contribution >= 0.6 is 0 Å². The van der Waals surface area contributed by atoms with E-state index in [1.807, 2.05) is 89.8 Å². The van der Waals surface area contributed by atoms with Crippen molar-refractivity contribution in [3.05, 3.63) is 90.7 Å². The van der Waals surface area contributed by atoms with E-state index in [0.717, 1.165) is 5.57 Å². The highest BCUT2D eigenvalue weighted by Crippen LogP contribution is 2.30. The van der Waals surface area contributed by atoms with E-state index in [2.05, 4.69) is 25.3 Å². The Bertz CT molecular complexity index is 1160. The smallest absolute Gasteiger partial charge is 0.184 e. The van der Waals surface area contributed by atoms with Crippen molar-refractivity contribution in [1.82, 2.24) is 19.7 Å². The molecule has 0 bridgehead atoms. The number of azo groups is 1. The summed E-state index contributed by atoms with van der Waals surface area (Å²) in [6, 6.07) is 11.1. The van der Waals surface area contributed by atoms with Crippen LogP contribution in [0, 0.1) is 0 Å². The zero-order valence-corrected chi connectivity index (χ0v) is 16.1. The molecule has 148 valence electrons. The molecule has 2 heterocycles. The molecular weight excluding hydrogens is 376 g/mol. The molecule has 0 spiro atoms. The third kappa shape index (κ3) is 4.56. The number of nitrogen functional groups attached to an aromatic ring is 2. The van der Waals surface area contributed by atoms with E-state index in [9.17, 15) is 0 Å². The van der Waals surface area contributed by atoms with Crippen LogP contribution in [-0.4, -0.2) is 19.7 Å². The first-order valence-corrected chi connectivity index (χ1v) is 9.33. The van der Waals surface area contributed by atoms with Gasteiger partial charge in [-0.15, -0.1) is 5.11 Å². The van der Waals surface area contributed by atoms with Gasteiger partial charge < -0.3 is 11.5 Å². The van der Waals surface area contributed by atoms with Crippen LogP contribution < -0.4 is 11.5 Å². The van der Waals surface area contributed by atoms with Gasteiger partial charge in [-0.25, -0.2) is 9.97 Å². The number of nitrogens with zero attached hydrogens (tertiary/aromatic N) is 6. The maximum Gasteiger partial charge on any atom is 0.184 e. The summed E-state index contributed by atoms with van der Waals surface area (Å²) < 4.78 is 1.81. The molecule has 0 amide bonds. The fraction of sp³-hybridized carbons (Fsp3) is 0.0455. The number of allylic oxidation sites excluding steroid dienone is 8. The van der Waals surface area contributed by atoms with Crippen molar-refractivity contribution in [2.45, 2.75) is 6.54 Å². The molecule has 0 saturated heterocycles. The van der Waals surface area contributed by atoms with Crippen LogP contribution in [0.5, 0.6) is 0 Å². The predicted octanol–water partition coefficient (Wildman–Crippen LogP) is 4.53. The van der Waals surface area contributed by atoms with Gasteiger partial charge in [-0.05, 0) is 23.8 Å². The van der Waals surface area contributed by atoms with Crippen molar-refractivity contribution >= 4 is 23.0 Å². The Hall–Kier alpha value is -4.33. The summed E-state index contributed by atoms with van der Waals surface area (Å²) >= 11 is 0. The molecular formula is C22H20N8. The lowest BCUT2D eigenvalue weighted by Crippen LogP contribution is -2.04. The Kier molecular flexibility index (Phi) is 5.56. The normalized spacial score (nSPS) is 13.4. The first-order chi connectivity index (χ1) is 14.7. The van der Waals surface area contributed by atoms with Gasteiger partial charge in [-0.1, -0.05) is 60.7 Å². The van der Waals surface area contributed by atoms with E-state index in [1.165, 1.54) is 0 Å². The summed E-state index contributed by atoms with van der Waals surface area (Å²) in [5, 5.41) is 12.8. The van der Waals surface area contributed by atoms with Crippen LogP contribution in [-0.2, 0) is 6.54 Å². The van der Waals surface area contributed by atoms with E-state index in [-0.39, 0.29) is 17.3 Å². The first kappa shape index (κ1) is 19.0. The van der Waals surface area contributed by atoms with E-state index >= 15 is 0 Å². The highest BCUT2D eigenvalue weighted by Gasteiger charge is 2.13. The quantitative estimate of drug-likeness (QED) is 0.614. The molecule has 4 rings (SSSR count). The Labute approximate surface area is 173 Å². The molecule has 0 unspecified atom stereocenters. The maximum atomic E-state index is 6.06. The van der Waals surface area contributed by atoms with Crippen molar-refractivity contribution in [1.29, 1.82) is 0 Å². The van der Waals surface area contributed by atoms with Gasteiger partial charge in [0.1, 0.15) is 5.69 Å². The van der Waals surface area contributed by atoms with Crippen LogP contribution in [0.4, 0.5) is 23.0 Å². The third-order valence-electron chi connectivity index (χ3n) is 4.24. The van der Waals surface area contributed by atoms with Gasteiger partial charge in [0, 0.05) is 6.20 Å². The van der Waals surface area contributed by atoms with Crippen molar-refractivity contribution < 1.29 is 0 Å². The molecule has 2 aromatic heterocycles. The van der Waals surface area contributed by atoms with E-state index < -0.39 is 0 Å². The largest absolute Gasteiger partial charge is 0.382 e. The van der Waals surface area contributed by atoms with Crippen LogP contribution in [0.3, 0.4) is 0 Å². The topological polar surface area (TPSA) is 120 Å². The van der Waals surface area contributed by atoms with Gasteiger partial charge in [-0.2, -0.15) is 10.2 Å². The van der Waals surface area contributed by atoms with Gasteiger partial charge in [-0.3, -0.25) is 4.68 Å². The predicted molar refractivity (Wildman–Crippen MR) is 118 cm³/mol. The van der Waals surface area contributed by atoms with Crippen LogP contribution in [0.1, 0.15) is 0 Å². The van der Waals surface area contributed by atoms with Crippen LogP contribution in [0.15, 0.2) is 101 Å². The number of aromatic nitrogens is 4. The molecule has 0 radical (unpaired) electrons. The number of anilines is 2. The lowest BCUT2D eigenvalue weighted by atomic mass is 10.2. The van der Waals surface area contributed by atoms with E-state index in [4.69, 9.17) is 11.5 Å². The van der Waals surface area contributed by atoms with Crippen molar-refractivity contribution in [3.63, 3.8) is 0 Å². The minimum atomic E-state index is 0.148. The molecule has 0 fully saturated rings. The monoisotopic (exact) mass is 396 g/mol. The van der Waals surface area contributed by atoms with Gasteiger partial charge >= 0.3 is 0 Å². The molecule has 1 aromatic carbocycles. The number of hydrogen-bond acceptors (Lipinski definition) is 7. The average molecular weight is 396 g/mol. The van der Waals surface area contributed by atoms with Crippen molar-refractivity contribution in [2.75, 3.05) is 11.5 Å². The second kappa shape index (κ2) is 8.78. The number of hydrogen-bond donors (Lipinski definition) is 2. The fourth-order valence-electron chi connectivity index (χ4n) is 2.78. The molecule has 4 N–H and O–H groups in total. The molecule has 0 aliphatic heterocycles. The molecule has 0 atom stereocenters. The zero-order valence-electron chi connectivity index (χ0n) is 16.1. The molecule has 1 aliphatic rings. The summed E-state index contributed by atoms with van der Waals surface area (Å²) in [7, 11) is 0. The summed E-state index contributed by atoms with van der Waals surface area (Å²) in [5.74, 6) is 0.635. The Morgan fingerprint density at radius 2 is 1.57 bits per heavy atom. The van der Waals surface area contributed by atoms with Gasteiger partial charge in [0.05, 0.1) is 12.2 Å². The third-order valence-corrected chi connectivity index (χ3v) is 4.24. The lowest BCUT2D eigenvalue weighted by Gasteiger charge is -2.05. The van der Waals surface area contributed by atoms with Gasteiger partial charge in [0.25, 0.3) is 0 Å². The minimum Gasteiger partial charge on any atom is -0.382 e. The van der Waals surface area contributed by atoms with E-state index in [1.54, 1.807) is 0 Å². The van der Waals surface area contributed by atoms with Gasteiger partial charge in [0.2, 0.25) is 0 Å². The molecule has 30 heavy (non-hydrogen) atoms. The summed E-state index contributed by atoms with van der Waals surface area (Å²) in [4.78, 5) is 8.62. The Morgan fingerprint density at radius 1 is 0.833 bits per heavy atom. The maximum absolute atomic E-state index is 6.06. The number of rotatable bonds is 5. The molecule has 3 aromatic rings. The molecule has 8 nitrogen and oxygen atoms in total. The second-order valence-electron chi connectivity index (χ2n) is 6.47.